The van der Waals surface area contributed by atoms with E-state index < -0.39 is 0 Å². The van der Waals surface area contributed by atoms with Gasteiger partial charge in [-0.05, 0) is 56.7 Å². The van der Waals surface area contributed by atoms with Gasteiger partial charge in [0.25, 0.3) is 0 Å². The molecular weight excluding hydrogens is 262 g/mol. The minimum absolute atomic E-state index is 0.338. The maximum Gasteiger partial charge on any atom is 0.227 e. The first-order chi connectivity index (χ1) is 10.0. The van der Waals surface area contributed by atoms with Gasteiger partial charge in [0.1, 0.15) is 5.52 Å². The second-order valence-corrected chi connectivity index (χ2v) is 5.59. The molecule has 21 heavy (non-hydrogen) atoms. The summed E-state index contributed by atoms with van der Waals surface area (Å²) in [5, 5.41) is 3.31. The van der Waals surface area contributed by atoms with Crippen molar-refractivity contribution in [3.8, 4) is 11.5 Å². The van der Waals surface area contributed by atoms with Crippen LogP contribution in [0.15, 0.2) is 40.8 Å². The lowest BCUT2D eigenvalue weighted by atomic mass is 10.1. The van der Waals surface area contributed by atoms with Crippen LogP contribution in [0.3, 0.4) is 0 Å². The number of aromatic nitrogens is 1. The van der Waals surface area contributed by atoms with Crippen LogP contribution in [-0.4, -0.2) is 11.0 Å². The quantitative estimate of drug-likeness (QED) is 0.706. The van der Waals surface area contributed by atoms with E-state index in [9.17, 15) is 0 Å². The Balaban J connectivity index is 2.00. The van der Waals surface area contributed by atoms with Gasteiger partial charge in [-0.3, -0.25) is 0 Å². The Hall–Kier alpha value is -2.49. The molecule has 108 valence electrons. The fourth-order valence-electron chi connectivity index (χ4n) is 2.29. The molecule has 0 aliphatic carbocycles. The van der Waals surface area contributed by atoms with Crippen LogP contribution in [0, 0.1) is 6.92 Å². The third kappa shape index (κ3) is 2.70. The molecule has 0 aliphatic heterocycles. The number of nitrogen functional groups attached to an aromatic ring is 1. The average Bonchev–Trinajstić information content (AvgIpc) is 2.83. The summed E-state index contributed by atoms with van der Waals surface area (Å²) in [5.74, 6) is 0.596. The highest BCUT2D eigenvalue weighted by atomic mass is 16.3. The summed E-state index contributed by atoms with van der Waals surface area (Å²) in [4.78, 5) is 4.51. The van der Waals surface area contributed by atoms with Gasteiger partial charge in [-0.1, -0.05) is 6.07 Å². The molecule has 0 bridgehead atoms. The fourth-order valence-corrected chi connectivity index (χ4v) is 2.29. The standard InChI is InChI=1S/C17H19N3O/c1-10(2)19-14-7-5-12(9-13(14)18)17-20-15-6-4-11(3)8-16(15)21-17/h4-10,19H,18H2,1-3H3. The molecule has 4 nitrogen and oxygen atoms in total. The Kier molecular flexibility index (Phi) is 3.29. The van der Waals surface area contributed by atoms with Gasteiger partial charge in [-0.2, -0.15) is 0 Å². The molecular formula is C17H19N3O. The zero-order chi connectivity index (χ0) is 15.0. The lowest BCUT2D eigenvalue weighted by Gasteiger charge is -2.12. The van der Waals surface area contributed by atoms with Crippen LogP contribution < -0.4 is 11.1 Å². The van der Waals surface area contributed by atoms with Gasteiger partial charge in [0.2, 0.25) is 5.89 Å². The van der Waals surface area contributed by atoms with Crippen molar-refractivity contribution in [3.63, 3.8) is 0 Å². The van der Waals surface area contributed by atoms with Crippen molar-refractivity contribution in [3.05, 3.63) is 42.0 Å². The summed E-state index contributed by atoms with van der Waals surface area (Å²) in [5.41, 5.74) is 11.4. The molecule has 0 aliphatic rings. The van der Waals surface area contributed by atoms with Gasteiger partial charge in [0.15, 0.2) is 5.58 Å². The maximum atomic E-state index is 6.09. The molecule has 4 heteroatoms. The second-order valence-electron chi connectivity index (χ2n) is 5.59. The Morgan fingerprint density at radius 2 is 1.95 bits per heavy atom. The van der Waals surface area contributed by atoms with Crippen LogP contribution >= 0.6 is 0 Å². The zero-order valence-corrected chi connectivity index (χ0v) is 12.5. The van der Waals surface area contributed by atoms with E-state index >= 15 is 0 Å². The monoisotopic (exact) mass is 281 g/mol. The molecule has 1 aromatic heterocycles. The smallest absolute Gasteiger partial charge is 0.227 e. The molecule has 0 saturated heterocycles. The number of hydrogen-bond acceptors (Lipinski definition) is 4. The van der Waals surface area contributed by atoms with Crippen LogP contribution in [0.25, 0.3) is 22.6 Å². The molecule has 0 fully saturated rings. The Bertz CT molecular complexity index is 790. The molecule has 0 saturated carbocycles. The van der Waals surface area contributed by atoms with Gasteiger partial charge < -0.3 is 15.5 Å². The average molecular weight is 281 g/mol. The molecule has 2 aromatic carbocycles. The van der Waals surface area contributed by atoms with Crippen LogP contribution in [0.2, 0.25) is 0 Å². The van der Waals surface area contributed by atoms with E-state index in [1.165, 1.54) is 0 Å². The topological polar surface area (TPSA) is 64.1 Å². The summed E-state index contributed by atoms with van der Waals surface area (Å²) < 4.78 is 5.82. The largest absolute Gasteiger partial charge is 0.436 e. The zero-order valence-electron chi connectivity index (χ0n) is 12.5. The number of nitrogens with two attached hydrogens (primary N) is 1. The first-order valence-electron chi connectivity index (χ1n) is 7.06. The predicted molar refractivity (Wildman–Crippen MR) is 87.4 cm³/mol. The number of aryl methyl sites for hydroxylation is 1. The van der Waals surface area contributed by atoms with Crippen molar-refractivity contribution in [1.29, 1.82) is 0 Å². The Labute approximate surface area is 124 Å². The highest BCUT2D eigenvalue weighted by molar-refractivity contribution is 5.79. The SMILES string of the molecule is Cc1ccc2nc(-c3ccc(NC(C)C)c(N)c3)oc2c1. The number of rotatable bonds is 3. The number of anilines is 2. The summed E-state index contributed by atoms with van der Waals surface area (Å²) >= 11 is 0. The van der Waals surface area contributed by atoms with E-state index in [0.29, 0.717) is 17.6 Å². The normalized spacial score (nSPS) is 11.2. The number of nitrogens with zero attached hydrogens (tertiary/aromatic N) is 1. The molecule has 3 N–H and O–H groups in total. The number of benzene rings is 2. The fraction of sp³-hybridized carbons (Fsp3) is 0.235. The number of nitrogens with one attached hydrogen (secondary N) is 1. The van der Waals surface area contributed by atoms with Gasteiger partial charge >= 0.3 is 0 Å². The molecule has 3 rings (SSSR count). The van der Waals surface area contributed by atoms with Gasteiger partial charge in [0.05, 0.1) is 11.4 Å². The van der Waals surface area contributed by atoms with Crippen LogP contribution in [0.4, 0.5) is 11.4 Å². The van der Waals surface area contributed by atoms with Gasteiger partial charge in [0, 0.05) is 11.6 Å². The van der Waals surface area contributed by atoms with Crippen molar-refractivity contribution in [1.82, 2.24) is 4.98 Å². The van der Waals surface area contributed by atoms with Crippen LogP contribution in [-0.2, 0) is 0 Å². The Morgan fingerprint density at radius 1 is 1.14 bits per heavy atom. The highest BCUT2D eigenvalue weighted by Crippen LogP contribution is 2.29. The number of fused-ring (bicyclic) bond motifs is 1. The predicted octanol–water partition coefficient (Wildman–Crippen LogP) is 4.21. The number of oxazole rings is 1. The molecule has 0 spiro atoms. The Morgan fingerprint density at radius 3 is 2.67 bits per heavy atom. The van der Waals surface area contributed by atoms with Crippen molar-refractivity contribution in [2.45, 2.75) is 26.8 Å². The van der Waals surface area contributed by atoms with Gasteiger partial charge in [-0.15, -0.1) is 0 Å². The highest BCUT2D eigenvalue weighted by Gasteiger charge is 2.10. The minimum atomic E-state index is 0.338. The van der Waals surface area contributed by atoms with E-state index in [2.05, 4.69) is 24.1 Å². The summed E-state index contributed by atoms with van der Waals surface area (Å²) in [6, 6.07) is 12.1. The molecule has 0 atom stereocenters. The molecule has 0 unspecified atom stereocenters. The lowest BCUT2D eigenvalue weighted by Crippen LogP contribution is -2.11. The molecule has 0 amide bonds. The minimum Gasteiger partial charge on any atom is -0.436 e. The summed E-state index contributed by atoms with van der Waals surface area (Å²) in [6.07, 6.45) is 0. The summed E-state index contributed by atoms with van der Waals surface area (Å²) in [7, 11) is 0. The molecule has 1 heterocycles. The van der Waals surface area contributed by atoms with Crippen molar-refractivity contribution >= 4 is 22.5 Å². The summed E-state index contributed by atoms with van der Waals surface area (Å²) in [6.45, 7) is 6.19. The van der Waals surface area contributed by atoms with E-state index in [1.807, 2.05) is 43.3 Å². The van der Waals surface area contributed by atoms with E-state index in [4.69, 9.17) is 10.2 Å². The van der Waals surface area contributed by atoms with Crippen molar-refractivity contribution < 1.29 is 4.42 Å². The van der Waals surface area contributed by atoms with Gasteiger partial charge in [-0.25, -0.2) is 4.98 Å². The first-order valence-corrected chi connectivity index (χ1v) is 7.06. The van der Waals surface area contributed by atoms with E-state index in [1.54, 1.807) is 0 Å². The van der Waals surface area contributed by atoms with Crippen molar-refractivity contribution in [2.75, 3.05) is 11.1 Å². The first kappa shape index (κ1) is 13.5. The third-order valence-corrected chi connectivity index (χ3v) is 3.29. The lowest BCUT2D eigenvalue weighted by molar-refractivity contribution is 0.619. The molecule has 3 aromatic rings. The van der Waals surface area contributed by atoms with Crippen molar-refractivity contribution in [2.24, 2.45) is 0 Å². The molecule has 0 radical (unpaired) electrons. The van der Waals surface area contributed by atoms with Crippen LogP contribution in [0.5, 0.6) is 0 Å². The maximum absolute atomic E-state index is 6.09. The van der Waals surface area contributed by atoms with E-state index in [0.717, 1.165) is 27.9 Å². The number of hydrogen-bond donors (Lipinski definition) is 2. The third-order valence-electron chi connectivity index (χ3n) is 3.29. The van der Waals surface area contributed by atoms with E-state index in [-0.39, 0.29) is 0 Å². The second kappa shape index (κ2) is 5.13. The van der Waals surface area contributed by atoms with Crippen LogP contribution in [0.1, 0.15) is 19.4 Å².